The van der Waals surface area contributed by atoms with Crippen molar-refractivity contribution in [3.63, 3.8) is 0 Å². The fourth-order valence-electron chi connectivity index (χ4n) is 2.16. The molecule has 1 atom stereocenters. The fraction of sp³-hybridized carbons (Fsp3) is 0.385. The number of carbonyl (C=O) groups excluding carboxylic acids is 1. The highest BCUT2D eigenvalue weighted by Crippen LogP contribution is 2.25. The maximum atomic E-state index is 12.0. The molecule has 0 bridgehead atoms. The molecule has 1 fully saturated rings. The first kappa shape index (κ1) is 12.6. The van der Waals surface area contributed by atoms with Crippen molar-refractivity contribution in [3.05, 3.63) is 29.3 Å². The molecule has 5 heteroatoms. The third-order valence-electron chi connectivity index (χ3n) is 3.31. The van der Waals surface area contributed by atoms with Gasteiger partial charge in [-0.15, -0.1) is 0 Å². The van der Waals surface area contributed by atoms with Crippen LogP contribution in [0.15, 0.2) is 18.2 Å². The first-order chi connectivity index (χ1) is 8.52. The van der Waals surface area contributed by atoms with Crippen molar-refractivity contribution in [2.45, 2.75) is 19.9 Å². The van der Waals surface area contributed by atoms with Crippen LogP contribution >= 0.6 is 0 Å². The van der Waals surface area contributed by atoms with Crippen molar-refractivity contribution < 1.29 is 14.7 Å². The monoisotopic (exact) mass is 248 g/mol. The zero-order valence-corrected chi connectivity index (χ0v) is 10.4. The molecule has 0 saturated carbocycles. The maximum Gasteiger partial charge on any atom is 0.328 e. The zero-order valence-electron chi connectivity index (χ0n) is 10.4. The van der Waals surface area contributed by atoms with Crippen LogP contribution in [0.1, 0.15) is 11.1 Å². The van der Waals surface area contributed by atoms with Crippen LogP contribution in [-0.2, 0) is 9.59 Å². The number of aryl methyl sites for hydroxylation is 1. The van der Waals surface area contributed by atoms with Gasteiger partial charge in [0.1, 0.15) is 6.04 Å². The number of amides is 1. The summed E-state index contributed by atoms with van der Waals surface area (Å²) in [5.74, 6) is -1.20. The molecule has 1 heterocycles. The van der Waals surface area contributed by atoms with Gasteiger partial charge < -0.3 is 10.4 Å². The smallest absolute Gasteiger partial charge is 0.328 e. The lowest BCUT2D eigenvalue weighted by atomic mass is 10.0. The Morgan fingerprint density at radius 2 is 2.17 bits per heavy atom. The van der Waals surface area contributed by atoms with E-state index >= 15 is 0 Å². The number of piperazine rings is 1. The van der Waals surface area contributed by atoms with E-state index in [2.05, 4.69) is 5.32 Å². The number of anilines is 1. The van der Waals surface area contributed by atoms with Crippen LogP contribution < -0.4 is 10.2 Å². The van der Waals surface area contributed by atoms with Gasteiger partial charge in [-0.1, -0.05) is 12.1 Å². The van der Waals surface area contributed by atoms with Gasteiger partial charge in [0.15, 0.2) is 0 Å². The number of hydrogen-bond donors (Lipinski definition) is 2. The lowest BCUT2D eigenvalue weighted by Crippen LogP contribution is -2.58. The van der Waals surface area contributed by atoms with E-state index in [-0.39, 0.29) is 19.0 Å². The molecular formula is C13H16N2O3. The van der Waals surface area contributed by atoms with Gasteiger partial charge in [0, 0.05) is 12.2 Å². The van der Waals surface area contributed by atoms with E-state index in [0.717, 1.165) is 11.1 Å². The Kier molecular flexibility index (Phi) is 3.34. The molecule has 1 aromatic carbocycles. The summed E-state index contributed by atoms with van der Waals surface area (Å²) >= 11 is 0. The number of nitrogens with zero attached hydrogens (tertiary/aromatic N) is 1. The van der Waals surface area contributed by atoms with Gasteiger partial charge in [-0.3, -0.25) is 9.69 Å². The van der Waals surface area contributed by atoms with Crippen LogP contribution in [0, 0.1) is 13.8 Å². The first-order valence-corrected chi connectivity index (χ1v) is 5.84. The fourth-order valence-corrected chi connectivity index (χ4v) is 2.16. The zero-order chi connectivity index (χ0) is 13.3. The molecule has 1 unspecified atom stereocenters. The van der Waals surface area contributed by atoms with Gasteiger partial charge in [0.2, 0.25) is 5.91 Å². The molecule has 18 heavy (non-hydrogen) atoms. The Hall–Kier alpha value is -1.88. The van der Waals surface area contributed by atoms with Crippen LogP contribution in [0.2, 0.25) is 0 Å². The second-order valence-electron chi connectivity index (χ2n) is 4.47. The topological polar surface area (TPSA) is 69.6 Å². The largest absolute Gasteiger partial charge is 0.480 e. The summed E-state index contributed by atoms with van der Waals surface area (Å²) in [4.78, 5) is 24.6. The summed E-state index contributed by atoms with van der Waals surface area (Å²) in [5.41, 5.74) is 2.68. The Morgan fingerprint density at radius 3 is 2.83 bits per heavy atom. The van der Waals surface area contributed by atoms with Crippen molar-refractivity contribution in [2.75, 3.05) is 18.0 Å². The summed E-state index contributed by atoms with van der Waals surface area (Å²) in [6.45, 7) is 4.30. The molecule has 5 nitrogen and oxygen atoms in total. The average molecular weight is 248 g/mol. The molecule has 1 saturated heterocycles. The third-order valence-corrected chi connectivity index (χ3v) is 3.31. The Morgan fingerprint density at radius 1 is 1.44 bits per heavy atom. The minimum absolute atomic E-state index is 0.178. The molecular weight excluding hydrogens is 232 g/mol. The Labute approximate surface area is 105 Å². The summed E-state index contributed by atoms with van der Waals surface area (Å²) in [6.07, 6.45) is 0. The molecule has 0 radical (unpaired) electrons. The molecule has 0 aliphatic carbocycles. The highest BCUT2D eigenvalue weighted by atomic mass is 16.4. The highest BCUT2D eigenvalue weighted by molar-refractivity contribution is 6.02. The van der Waals surface area contributed by atoms with E-state index in [0.29, 0.717) is 5.69 Å². The van der Waals surface area contributed by atoms with Crippen LogP contribution in [-0.4, -0.2) is 36.1 Å². The predicted molar refractivity (Wildman–Crippen MR) is 67.7 cm³/mol. The minimum atomic E-state index is -0.989. The second-order valence-corrected chi connectivity index (χ2v) is 4.47. The van der Waals surface area contributed by atoms with Crippen molar-refractivity contribution in [2.24, 2.45) is 0 Å². The average Bonchev–Trinajstić information content (AvgIpc) is 2.33. The molecule has 1 aromatic rings. The summed E-state index contributed by atoms with van der Waals surface area (Å²) < 4.78 is 0. The molecule has 0 spiro atoms. The van der Waals surface area contributed by atoms with Crippen LogP contribution in [0.3, 0.4) is 0 Å². The van der Waals surface area contributed by atoms with E-state index in [1.54, 1.807) is 6.07 Å². The van der Waals surface area contributed by atoms with Crippen molar-refractivity contribution >= 4 is 17.6 Å². The van der Waals surface area contributed by atoms with Gasteiger partial charge in [0.05, 0.1) is 6.54 Å². The molecule has 1 amide bonds. The van der Waals surface area contributed by atoms with E-state index in [9.17, 15) is 14.7 Å². The lowest BCUT2D eigenvalue weighted by molar-refractivity contribution is -0.140. The Balaban J connectivity index is 2.47. The molecule has 96 valence electrons. The van der Waals surface area contributed by atoms with Gasteiger partial charge in [-0.2, -0.15) is 0 Å². The van der Waals surface area contributed by atoms with Gasteiger partial charge in [0.25, 0.3) is 0 Å². The molecule has 1 aliphatic rings. The summed E-state index contributed by atoms with van der Waals surface area (Å²) in [7, 11) is 0. The van der Waals surface area contributed by atoms with E-state index in [1.165, 1.54) is 4.90 Å². The normalized spacial score (nSPS) is 20.0. The molecule has 2 N–H and O–H groups in total. The maximum absolute atomic E-state index is 12.0. The standard InChI is InChI=1S/C13H16N2O3/c1-8-4-3-5-10(9(8)2)15-11(13(17)18)6-14-7-12(15)16/h3-5,11,14H,6-7H2,1-2H3,(H,17,18). The van der Waals surface area contributed by atoms with Crippen molar-refractivity contribution in [1.29, 1.82) is 0 Å². The van der Waals surface area contributed by atoms with E-state index in [1.807, 2.05) is 26.0 Å². The second kappa shape index (κ2) is 4.78. The highest BCUT2D eigenvalue weighted by Gasteiger charge is 2.34. The van der Waals surface area contributed by atoms with Gasteiger partial charge in [-0.25, -0.2) is 4.79 Å². The van der Waals surface area contributed by atoms with Crippen molar-refractivity contribution in [1.82, 2.24) is 5.32 Å². The predicted octanol–water partition coefficient (Wildman–Crippen LogP) is 0.693. The van der Waals surface area contributed by atoms with Crippen LogP contribution in [0.25, 0.3) is 0 Å². The number of hydrogen-bond acceptors (Lipinski definition) is 3. The van der Waals surface area contributed by atoms with Crippen LogP contribution in [0.5, 0.6) is 0 Å². The molecule has 1 aliphatic heterocycles. The van der Waals surface area contributed by atoms with E-state index < -0.39 is 12.0 Å². The number of carboxylic acid groups (broad SMARTS) is 1. The van der Waals surface area contributed by atoms with Gasteiger partial charge >= 0.3 is 5.97 Å². The number of carbonyl (C=O) groups is 2. The number of carboxylic acids is 1. The summed E-state index contributed by atoms with van der Waals surface area (Å²) in [5, 5.41) is 12.0. The SMILES string of the molecule is Cc1cccc(N2C(=O)CNCC2C(=O)O)c1C. The number of aliphatic carboxylic acids is 1. The quantitative estimate of drug-likeness (QED) is 0.808. The van der Waals surface area contributed by atoms with Crippen molar-refractivity contribution in [3.8, 4) is 0 Å². The molecule has 2 rings (SSSR count). The Bertz CT molecular complexity index is 499. The van der Waals surface area contributed by atoms with Gasteiger partial charge in [-0.05, 0) is 31.0 Å². The minimum Gasteiger partial charge on any atom is -0.480 e. The van der Waals surface area contributed by atoms with Crippen LogP contribution in [0.4, 0.5) is 5.69 Å². The molecule has 0 aromatic heterocycles. The summed E-state index contributed by atoms with van der Waals surface area (Å²) in [6, 6.07) is 4.74. The number of nitrogens with one attached hydrogen (secondary N) is 1. The van der Waals surface area contributed by atoms with E-state index in [4.69, 9.17) is 0 Å². The third kappa shape index (κ3) is 2.09. The number of benzene rings is 1. The first-order valence-electron chi connectivity index (χ1n) is 5.84. The lowest BCUT2D eigenvalue weighted by Gasteiger charge is -2.34. The number of rotatable bonds is 2.